The Hall–Kier alpha value is -2.47. The summed E-state index contributed by atoms with van der Waals surface area (Å²) in [7, 11) is -7.28. The maximum absolute atomic E-state index is 13.5. The fourth-order valence-electron chi connectivity index (χ4n) is 3.32. The zero-order valence-corrected chi connectivity index (χ0v) is 22.1. The van der Waals surface area contributed by atoms with Gasteiger partial charge < -0.3 is 4.74 Å². The van der Waals surface area contributed by atoms with Crippen LogP contribution in [0, 0.1) is 0 Å². The van der Waals surface area contributed by atoms with E-state index in [9.17, 15) is 26.8 Å². The van der Waals surface area contributed by atoms with Crippen LogP contribution < -0.4 is 0 Å². The SMILES string of the molecule is COC(=O)c1ccc(CN(Cc2ccc(CP(=O)(OF)OF)c(Br)c2)S(=O)(=O)c2ccccc2)cc1. The van der Waals surface area contributed by atoms with E-state index in [0.717, 1.165) is 0 Å². The fraction of sp³-hybridized carbons (Fsp3) is 0.174. The molecule has 36 heavy (non-hydrogen) atoms. The van der Waals surface area contributed by atoms with Crippen LogP contribution in [0.2, 0.25) is 0 Å². The van der Waals surface area contributed by atoms with Crippen molar-refractivity contribution < 1.29 is 41.0 Å². The van der Waals surface area contributed by atoms with Crippen LogP contribution in [0.4, 0.5) is 9.05 Å². The van der Waals surface area contributed by atoms with Gasteiger partial charge in [0.05, 0.1) is 23.7 Å². The second kappa shape index (κ2) is 12.2. The maximum Gasteiger partial charge on any atom is 0.399 e. The maximum atomic E-state index is 13.5. The summed E-state index contributed by atoms with van der Waals surface area (Å²) >= 11 is 3.25. The number of methoxy groups -OCH3 is 1. The Bertz CT molecular complexity index is 1350. The Labute approximate surface area is 215 Å². The minimum Gasteiger partial charge on any atom is -0.465 e. The van der Waals surface area contributed by atoms with E-state index in [0.29, 0.717) is 21.2 Å². The van der Waals surface area contributed by atoms with Gasteiger partial charge in [-0.05, 0) is 56.1 Å². The molecule has 0 heterocycles. The number of sulfonamides is 1. The quantitative estimate of drug-likeness (QED) is 0.192. The van der Waals surface area contributed by atoms with Gasteiger partial charge in [-0.25, -0.2) is 13.2 Å². The Morgan fingerprint density at radius 1 is 0.944 bits per heavy atom. The van der Waals surface area contributed by atoms with Crippen molar-refractivity contribution in [1.82, 2.24) is 4.31 Å². The van der Waals surface area contributed by atoms with Crippen molar-refractivity contribution in [2.75, 3.05) is 7.11 Å². The zero-order valence-electron chi connectivity index (χ0n) is 18.8. The second-order valence-corrected chi connectivity index (χ2v) is 12.2. The number of esters is 1. The second-order valence-electron chi connectivity index (χ2n) is 7.61. The van der Waals surface area contributed by atoms with Crippen LogP contribution in [-0.2, 0) is 48.0 Å². The highest BCUT2D eigenvalue weighted by atomic mass is 79.9. The molecule has 0 amide bonds. The number of ether oxygens (including phenoxy) is 1. The molecule has 3 rings (SSSR count). The highest BCUT2D eigenvalue weighted by Crippen LogP contribution is 2.53. The molecule has 0 bridgehead atoms. The van der Waals surface area contributed by atoms with Crippen LogP contribution in [0.5, 0.6) is 0 Å². The third-order valence-electron chi connectivity index (χ3n) is 5.17. The molecule has 0 aliphatic rings. The molecule has 13 heteroatoms. The van der Waals surface area contributed by atoms with Crippen LogP contribution in [0.1, 0.15) is 27.0 Å². The van der Waals surface area contributed by atoms with Crippen molar-refractivity contribution in [2.45, 2.75) is 24.1 Å². The monoisotopic (exact) mass is 603 g/mol. The molecular formula is C23H21BrF2NO7PS. The summed E-state index contributed by atoms with van der Waals surface area (Å²) in [5, 5.41) is 0. The van der Waals surface area contributed by atoms with Gasteiger partial charge >= 0.3 is 13.6 Å². The number of carbonyl (C=O) groups excluding carboxylic acids is 1. The third-order valence-corrected chi connectivity index (χ3v) is 8.86. The van der Waals surface area contributed by atoms with Crippen molar-refractivity contribution in [1.29, 1.82) is 0 Å². The first-order valence-electron chi connectivity index (χ1n) is 10.3. The Morgan fingerprint density at radius 3 is 2.08 bits per heavy atom. The standard InChI is InChI=1S/C23H21BrF2NO7PS/c1-32-23(28)19-10-7-17(8-11-19)14-27(36(30,31)21-5-3-2-4-6-21)15-18-9-12-20(22(24)13-18)16-35(29,33-25)34-26/h2-13H,14-16H2,1H3. The van der Waals surface area contributed by atoms with Crippen LogP contribution >= 0.6 is 23.5 Å². The van der Waals surface area contributed by atoms with Gasteiger partial charge in [-0.3, -0.25) is 4.57 Å². The van der Waals surface area contributed by atoms with Gasteiger partial charge in [0, 0.05) is 17.6 Å². The number of benzene rings is 3. The van der Waals surface area contributed by atoms with E-state index in [-0.39, 0.29) is 23.5 Å². The molecule has 0 radical (unpaired) electrons. The summed E-state index contributed by atoms with van der Waals surface area (Å²) in [6.07, 6.45) is -0.681. The van der Waals surface area contributed by atoms with E-state index < -0.39 is 29.8 Å². The minimum absolute atomic E-state index is 0.0152. The van der Waals surface area contributed by atoms with Gasteiger partial charge in [-0.2, -0.15) is 4.31 Å². The van der Waals surface area contributed by atoms with E-state index in [1.807, 2.05) is 0 Å². The van der Waals surface area contributed by atoms with Crippen molar-refractivity contribution in [3.05, 3.63) is 99.5 Å². The van der Waals surface area contributed by atoms with E-state index in [1.165, 1.54) is 47.8 Å². The number of hydrogen-bond acceptors (Lipinski definition) is 7. The number of carbonyl (C=O) groups is 1. The molecule has 0 N–H and O–H groups in total. The molecule has 0 fully saturated rings. The van der Waals surface area contributed by atoms with Crippen molar-refractivity contribution >= 4 is 39.5 Å². The first-order valence-corrected chi connectivity index (χ1v) is 14.3. The summed E-state index contributed by atoms with van der Waals surface area (Å²) in [6, 6.07) is 18.7. The van der Waals surface area contributed by atoms with Crippen LogP contribution in [0.15, 0.2) is 82.2 Å². The molecule has 3 aromatic carbocycles. The average Bonchev–Trinajstić information content (AvgIpc) is 2.90. The lowest BCUT2D eigenvalue weighted by atomic mass is 10.1. The van der Waals surface area contributed by atoms with E-state index in [2.05, 4.69) is 30.1 Å². The summed E-state index contributed by atoms with van der Waals surface area (Å²) < 4.78 is 76.2. The lowest BCUT2D eigenvalue weighted by Gasteiger charge is -2.23. The van der Waals surface area contributed by atoms with Gasteiger partial charge in [-0.15, -0.1) is 9.46 Å². The number of hydrogen-bond donors (Lipinski definition) is 0. The summed E-state index contributed by atoms with van der Waals surface area (Å²) in [5.41, 5.74) is 1.71. The first kappa shape index (κ1) is 28.1. The smallest absolute Gasteiger partial charge is 0.399 e. The predicted molar refractivity (Wildman–Crippen MR) is 130 cm³/mol. The zero-order chi connectivity index (χ0) is 26.3. The summed E-state index contributed by atoms with van der Waals surface area (Å²) in [4.78, 5) is 11.8. The summed E-state index contributed by atoms with van der Waals surface area (Å²) in [5.74, 6) is -0.513. The molecule has 0 aromatic heterocycles. The molecule has 0 saturated carbocycles. The van der Waals surface area contributed by atoms with Crippen molar-refractivity contribution in [2.24, 2.45) is 0 Å². The molecule has 0 atom stereocenters. The highest BCUT2D eigenvalue weighted by Gasteiger charge is 2.30. The van der Waals surface area contributed by atoms with Gasteiger partial charge in [-0.1, -0.05) is 58.4 Å². The molecule has 8 nitrogen and oxygen atoms in total. The molecule has 192 valence electrons. The molecule has 0 unspecified atom stereocenters. The fourth-order valence-corrected chi connectivity index (χ4v) is 6.36. The molecular weight excluding hydrogens is 583 g/mol. The predicted octanol–water partition coefficient (Wildman–Crippen LogP) is 6.12. The topological polar surface area (TPSA) is 99.2 Å². The molecule has 0 spiro atoms. The van der Waals surface area contributed by atoms with E-state index >= 15 is 0 Å². The Kier molecular flexibility index (Phi) is 9.51. The normalized spacial score (nSPS) is 12.0. The van der Waals surface area contributed by atoms with Gasteiger partial charge in [0.15, 0.2) is 0 Å². The van der Waals surface area contributed by atoms with E-state index in [4.69, 9.17) is 0 Å². The van der Waals surface area contributed by atoms with Gasteiger partial charge in [0.1, 0.15) is 0 Å². The first-order chi connectivity index (χ1) is 17.1. The molecule has 0 saturated heterocycles. The van der Waals surface area contributed by atoms with Crippen LogP contribution in [0.25, 0.3) is 0 Å². The molecule has 3 aromatic rings. The number of rotatable bonds is 11. The van der Waals surface area contributed by atoms with E-state index in [1.54, 1.807) is 36.4 Å². The molecule has 0 aliphatic carbocycles. The highest BCUT2D eigenvalue weighted by molar-refractivity contribution is 9.10. The van der Waals surface area contributed by atoms with Gasteiger partial charge in [0.25, 0.3) is 0 Å². The van der Waals surface area contributed by atoms with Gasteiger partial charge in [0.2, 0.25) is 10.0 Å². The Balaban J connectivity index is 1.92. The van der Waals surface area contributed by atoms with Crippen LogP contribution in [-0.4, -0.2) is 25.8 Å². The lowest BCUT2D eigenvalue weighted by Crippen LogP contribution is -2.30. The average molecular weight is 604 g/mol. The summed E-state index contributed by atoms with van der Waals surface area (Å²) in [6.45, 7) is -0.0790. The molecule has 0 aliphatic heterocycles. The lowest BCUT2D eigenvalue weighted by molar-refractivity contribution is -0.0881. The van der Waals surface area contributed by atoms with Crippen molar-refractivity contribution in [3.63, 3.8) is 0 Å². The number of halogens is 3. The van der Waals surface area contributed by atoms with Crippen LogP contribution in [0.3, 0.4) is 0 Å². The minimum atomic E-state index is -4.60. The third kappa shape index (κ3) is 6.84. The Morgan fingerprint density at radius 2 is 1.53 bits per heavy atom. The largest absolute Gasteiger partial charge is 0.465 e. The van der Waals surface area contributed by atoms with Crippen molar-refractivity contribution in [3.8, 4) is 0 Å². The number of nitrogens with zero attached hydrogens (tertiary/aromatic N) is 1.